The summed E-state index contributed by atoms with van der Waals surface area (Å²) >= 11 is 6.07. The van der Waals surface area contributed by atoms with E-state index < -0.39 is 0 Å². The van der Waals surface area contributed by atoms with Crippen LogP contribution in [0.2, 0.25) is 5.02 Å². The van der Waals surface area contributed by atoms with Gasteiger partial charge in [0.25, 0.3) is 0 Å². The number of fused-ring (bicyclic) bond motifs is 1. The van der Waals surface area contributed by atoms with Crippen LogP contribution in [0, 0.1) is 0 Å². The van der Waals surface area contributed by atoms with Crippen LogP contribution in [0.15, 0.2) is 40.8 Å². The molecule has 0 radical (unpaired) electrons. The van der Waals surface area contributed by atoms with Crippen molar-refractivity contribution in [3.63, 3.8) is 0 Å². The van der Waals surface area contributed by atoms with Crippen molar-refractivity contribution in [1.82, 2.24) is 4.98 Å². The molecule has 1 N–H and O–H groups in total. The molecule has 4 heteroatoms. The molecule has 0 aliphatic heterocycles. The highest BCUT2D eigenvalue weighted by Crippen LogP contribution is 2.33. The summed E-state index contributed by atoms with van der Waals surface area (Å²) in [5, 5.41) is 10.6. The van der Waals surface area contributed by atoms with Crippen LogP contribution < -0.4 is 0 Å². The van der Waals surface area contributed by atoms with Gasteiger partial charge in [-0.15, -0.1) is 0 Å². The number of halogens is 1. The molecule has 0 saturated carbocycles. The number of benzene rings is 2. The molecule has 20 heavy (non-hydrogen) atoms. The van der Waals surface area contributed by atoms with Crippen molar-refractivity contribution in [2.45, 2.75) is 19.8 Å². The molecule has 0 spiro atoms. The molecule has 102 valence electrons. The van der Waals surface area contributed by atoms with E-state index in [4.69, 9.17) is 16.0 Å². The van der Waals surface area contributed by atoms with Crippen LogP contribution in [0.5, 0.6) is 5.75 Å². The second-order valence-corrected chi connectivity index (χ2v) is 5.44. The van der Waals surface area contributed by atoms with E-state index in [-0.39, 0.29) is 11.7 Å². The van der Waals surface area contributed by atoms with Crippen molar-refractivity contribution < 1.29 is 9.52 Å². The fraction of sp³-hybridized carbons (Fsp3) is 0.188. The fourth-order valence-electron chi connectivity index (χ4n) is 2.20. The molecule has 1 heterocycles. The molecule has 3 rings (SSSR count). The summed E-state index contributed by atoms with van der Waals surface area (Å²) < 4.78 is 5.69. The monoisotopic (exact) mass is 287 g/mol. The highest BCUT2D eigenvalue weighted by Gasteiger charge is 2.13. The maximum Gasteiger partial charge on any atom is 0.227 e. The van der Waals surface area contributed by atoms with E-state index in [0.717, 1.165) is 11.1 Å². The predicted octanol–water partition coefficient (Wildman–Crippen LogP) is 4.98. The van der Waals surface area contributed by atoms with Crippen molar-refractivity contribution >= 4 is 22.7 Å². The maximum absolute atomic E-state index is 10.1. The number of aromatic nitrogens is 1. The van der Waals surface area contributed by atoms with Crippen molar-refractivity contribution in [3.8, 4) is 17.2 Å². The van der Waals surface area contributed by atoms with Crippen molar-refractivity contribution in [1.29, 1.82) is 0 Å². The summed E-state index contributed by atoms with van der Waals surface area (Å²) in [6.45, 7) is 4.07. The van der Waals surface area contributed by atoms with Gasteiger partial charge in [-0.3, -0.25) is 0 Å². The lowest BCUT2D eigenvalue weighted by Crippen LogP contribution is -1.88. The van der Waals surface area contributed by atoms with E-state index in [1.807, 2.05) is 38.1 Å². The Hall–Kier alpha value is -2.00. The first-order valence-electron chi connectivity index (χ1n) is 6.44. The second kappa shape index (κ2) is 4.84. The van der Waals surface area contributed by atoms with Crippen LogP contribution in [0.4, 0.5) is 0 Å². The van der Waals surface area contributed by atoms with Gasteiger partial charge in [0.05, 0.1) is 5.02 Å². The van der Waals surface area contributed by atoms with Crippen LogP contribution in [0.3, 0.4) is 0 Å². The van der Waals surface area contributed by atoms with Crippen LogP contribution in [0.1, 0.15) is 25.3 Å². The van der Waals surface area contributed by atoms with Gasteiger partial charge in [-0.2, -0.15) is 0 Å². The number of aromatic hydroxyl groups is 1. The van der Waals surface area contributed by atoms with Gasteiger partial charge >= 0.3 is 0 Å². The number of hydrogen-bond acceptors (Lipinski definition) is 3. The zero-order valence-corrected chi connectivity index (χ0v) is 12.0. The van der Waals surface area contributed by atoms with Crippen LogP contribution in [-0.4, -0.2) is 10.1 Å². The lowest BCUT2D eigenvalue weighted by molar-refractivity contribution is 0.464. The zero-order valence-electron chi connectivity index (χ0n) is 11.2. The van der Waals surface area contributed by atoms with Gasteiger partial charge in [0.2, 0.25) is 5.89 Å². The fourth-order valence-corrected chi connectivity index (χ4v) is 2.41. The Bertz CT molecular complexity index is 777. The molecule has 0 unspecified atom stereocenters. The Morgan fingerprint density at radius 2 is 2.00 bits per heavy atom. The molecular formula is C16H14ClNO2. The van der Waals surface area contributed by atoms with Crippen LogP contribution in [0.25, 0.3) is 22.6 Å². The van der Waals surface area contributed by atoms with Gasteiger partial charge in [-0.05, 0) is 35.7 Å². The summed E-state index contributed by atoms with van der Waals surface area (Å²) in [7, 11) is 0. The van der Waals surface area contributed by atoms with Gasteiger partial charge in [0, 0.05) is 5.56 Å². The third-order valence-corrected chi connectivity index (χ3v) is 3.56. The minimum absolute atomic E-state index is 0.255. The van der Waals surface area contributed by atoms with E-state index >= 15 is 0 Å². The lowest BCUT2D eigenvalue weighted by Gasteiger charge is -2.08. The van der Waals surface area contributed by atoms with Gasteiger partial charge in [0.1, 0.15) is 11.3 Å². The summed E-state index contributed by atoms with van der Waals surface area (Å²) in [6, 6.07) is 10.9. The molecule has 0 bridgehead atoms. The Balaban J connectivity index is 2.11. The van der Waals surface area contributed by atoms with Crippen molar-refractivity contribution in [2.75, 3.05) is 0 Å². The van der Waals surface area contributed by atoms with E-state index in [2.05, 4.69) is 4.98 Å². The molecule has 0 aliphatic rings. The summed E-state index contributed by atoms with van der Waals surface area (Å²) in [4.78, 5) is 4.40. The number of para-hydroxylation sites is 1. The summed E-state index contributed by atoms with van der Waals surface area (Å²) in [5.41, 5.74) is 2.92. The Kier molecular flexibility index (Phi) is 3.14. The number of hydrogen-bond donors (Lipinski definition) is 1. The third kappa shape index (κ3) is 2.14. The first-order chi connectivity index (χ1) is 9.56. The summed E-state index contributed by atoms with van der Waals surface area (Å²) in [6.07, 6.45) is 0. The Morgan fingerprint density at radius 3 is 2.65 bits per heavy atom. The normalized spacial score (nSPS) is 11.4. The predicted molar refractivity (Wildman–Crippen MR) is 80.2 cm³/mol. The van der Waals surface area contributed by atoms with Gasteiger partial charge in [0.15, 0.2) is 5.58 Å². The molecule has 1 aromatic heterocycles. The smallest absolute Gasteiger partial charge is 0.227 e. The number of phenolic OH excluding ortho intramolecular Hbond substituents is 1. The average molecular weight is 288 g/mol. The average Bonchev–Trinajstić information content (AvgIpc) is 2.83. The molecule has 2 aromatic carbocycles. The van der Waals surface area contributed by atoms with Crippen molar-refractivity contribution in [3.05, 3.63) is 47.0 Å². The second-order valence-electron chi connectivity index (χ2n) is 5.04. The molecule has 0 fully saturated rings. The molecule has 3 aromatic rings. The molecular weight excluding hydrogens is 274 g/mol. The molecule has 0 saturated heterocycles. The SMILES string of the molecule is CC(C)c1ccc(-c2nc3cccc(Cl)c3o2)cc1O. The Labute approximate surface area is 121 Å². The molecule has 0 aliphatic carbocycles. The van der Waals surface area contributed by atoms with Gasteiger partial charge in [-0.1, -0.05) is 37.6 Å². The maximum atomic E-state index is 10.1. The summed E-state index contributed by atoms with van der Waals surface area (Å²) in [5.74, 6) is 0.978. The van der Waals surface area contributed by atoms with E-state index in [1.54, 1.807) is 12.1 Å². The standard InChI is InChI=1S/C16H14ClNO2/c1-9(2)11-7-6-10(8-14(11)19)16-18-13-5-3-4-12(17)15(13)20-16/h3-9,19H,1-2H3. The van der Waals surface area contributed by atoms with Crippen molar-refractivity contribution in [2.24, 2.45) is 0 Å². The zero-order chi connectivity index (χ0) is 14.3. The largest absolute Gasteiger partial charge is 0.508 e. The first kappa shape index (κ1) is 13.0. The molecule has 3 nitrogen and oxygen atoms in total. The minimum Gasteiger partial charge on any atom is -0.508 e. The molecule has 0 amide bonds. The van der Waals surface area contributed by atoms with E-state index in [1.165, 1.54) is 0 Å². The molecule has 0 atom stereocenters. The van der Waals surface area contributed by atoms with E-state index in [9.17, 15) is 5.11 Å². The number of oxazole rings is 1. The minimum atomic E-state index is 0.255. The van der Waals surface area contributed by atoms with Gasteiger partial charge in [-0.25, -0.2) is 4.98 Å². The highest BCUT2D eigenvalue weighted by atomic mass is 35.5. The first-order valence-corrected chi connectivity index (χ1v) is 6.82. The lowest BCUT2D eigenvalue weighted by atomic mass is 10.0. The third-order valence-electron chi connectivity index (χ3n) is 3.27. The number of rotatable bonds is 2. The van der Waals surface area contributed by atoms with Gasteiger partial charge < -0.3 is 9.52 Å². The Morgan fingerprint density at radius 1 is 1.20 bits per heavy atom. The van der Waals surface area contributed by atoms with Crippen LogP contribution >= 0.6 is 11.6 Å². The number of nitrogens with zero attached hydrogens (tertiary/aromatic N) is 1. The highest BCUT2D eigenvalue weighted by molar-refractivity contribution is 6.34. The quantitative estimate of drug-likeness (QED) is 0.723. The topological polar surface area (TPSA) is 46.3 Å². The number of phenols is 1. The van der Waals surface area contributed by atoms with Crippen LogP contribution in [-0.2, 0) is 0 Å². The van der Waals surface area contributed by atoms with E-state index in [0.29, 0.717) is 22.0 Å².